The van der Waals surface area contributed by atoms with Gasteiger partial charge in [0.2, 0.25) is 0 Å². The fourth-order valence-corrected chi connectivity index (χ4v) is 3.13. The number of aromatic nitrogens is 3. The molecule has 0 aliphatic carbocycles. The van der Waals surface area contributed by atoms with Crippen LogP contribution < -0.4 is 5.56 Å². The molecular formula is C12H15N3OS. The van der Waals surface area contributed by atoms with E-state index in [9.17, 15) is 4.79 Å². The van der Waals surface area contributed by atoms with Crippen LogP contribution in [0.3, 0.4) is 0 Å². The molecule has 0 radical (unpaired) electrons. The highest BCUT2D eigenvalue weighted by molar-refractivity contribution is 7.98. The van der Waals surface area contributed by atoms with Crippen molar-refractivity contribution >= 4 is 17.4 Å². The van der Waals surface area contributed by atoms with Crippen LogP contribution in [0, 0.1) is 0 Å². The van der Waals surface area contributed by atoms with E-state index in [-0.39, 0.29) is 11.0 Å². The monoisotopic (exact) mass is 249 g/mol. The van der Waals surface area contributed by atoms with Crippen molar-refractivity contribution in [3.05, 3.63) is 33.4 Å². The summed E-state index contributed by atoms with van der Waals surface area (Å²) in [7, 11) is 0. The lowest BCUT2D eigenvalue weighted by Crippen LogP contribution is -2.16. The number of nitrogens with one attached hydrogen (secondary N) is 1. The molecule has 3 heterocycles. The van der Waals surface area contributed by atoms with Crippen molar-refractivity contribution in [1.82, 2.24) is 14.6 Å². The number of nitrogens with zero attached hydrogens (tertiary/aromatic N) is 2. The zero-order chi connectivity index (χ0) is 12.2. The maximum Gasteiger partial charge on any atom is 0.255 e. The summed E-state index contributed by atoms with van der Waals surface area (Å²) in [4.78, 5) is 14.8. The molecule has 1 aliphatic heterocycles. The van der Waals surface area contributed by atoms with E-state index in [1.165, 1.54) is 0 Å². The zero-order valence-corrected chi connectivity index (χ0v) is 11.0. The highest BCUT2D eigenvalue weighted by atomic mass is 32.2. The van der Waals surface area contributed by atoms with Crippen molar-refractivity contribution in [2.45, 2.75) is 37.7 Å². The average Bonchev–Trinajstić information content (AvgIpc) is 2.78. The molecule has 1 aliphatic rings. The quantitative estimate of drug-likeness (QED) is 0.777. The van der Waals surface area contributed by atoms with E-state index in [1.807, 2.05) is 10.6 Å². The third kappa shape index (κ3) is 1.60. The van der Waals surface area contributed by atoms with E-state index in [1.54, 1.807) is 11.8 Å². The van der Waals surface area contributed by atoms with Gasteiger partial charge in [-0.2, -0.15) is 16.9 Å². The summed E-state index contributed by atoms with van der Waals surface area (Å²) in [5.41, 5.74) is 3.80. The molecule has 0 bridgehead atoms. The van der Waals surface area contributed by atoms with Crippen LogP contribution >= 0.6 is 11.8 Å². The summed E-state index contributed by atoms with van der Waals surface area (Å²) in [6, 6.07) is 1.98. The zero-order valence-electron chi connectivity index (χ0n) is 10.2. The minimum absolute atomic E-state index is 0.00153. The smallest absolute Gasteiger partial charge is 0.255 e. The number of fused-ring (bicyclic) bond motifs is 3. The molecule has 3 rings (SSSR count). The molecule has 5 heteroatoms. The molecule has 0 amide bonds. The van der Waals surface area contributed by atoms with Crippen LogP contribution in [0.15, 0.2) is 10.9 Å². The van der Waals surface area contributed by atoms with Crippen molar-refractivity contribution in [2.24, 2.45) is 0 Å². The molecule has 0 saturated heterocycles. The van der Waals surface area contributed by atoms with E-state index < -0.39 is 0 Å². The predicted octanol–water partition coefficient (Wildman–Crippen LogP) is 2.07. The number of aromatic amines is 1. The summed E-state index contributed by atoms with van der Waals surface area (Å²) < 4.78 is 1.90. The Bertz CT molecular complexity index is 648. The van der Waals surface area contributed by atoms with Crippen LogP contribution in [-0.2, 0) is 16.9 Å². The highest BCUT2D eigenvalue weighted by Gasteiger charge is 2.23. The molecule has 1 N–H and O–H groups in total. The van der Waals surface area contributed by atoms with Crippen LogP contribution in [0.1, 0.15) is 37.7 Å². The number of rotatable bonds is 0. The lowest BCUT2D eigenvalue weighted by Gasteiger charge is -2.13. The number of thioether (sulfide) groups is 1. The maximum absolute atomic E-state index is 11.9. The molecule has 0 atom stereocenters. The first-order valence-corrected chi connectivity index (χ1v) is 6.84. The Hall–Kier alpha value is -1.23. The van der Waals surface area contributed by atoms with Gasteiger partial charge in [0, 0.05) is 28.6 Å². The molecule has 0 saturated carbocycles. The molecule has 2 aromatic rings. The van der Waals surface area contributed by atoms with Gasteiger partial charge < -0.3 is 4.98 Å². The lowest BCUT2D eigenvalue weighted by molar-refractivity contribution is 0.561. The van der Waals surface area contributed by atoms with Crippen molar-refractivity contribution in [3.8, 4) is 0 Å². The Balaban J connectivity index is 2.34. The largest absolute Gasteiger partial charge is 0.307 e. The number of hydrogen-bond donors (Lipinski definition) is 1. The SMILES string of the molecule is CC(C)(C)c1cc2[nH]c(=O)c3c(n2n1)CSC3. The maximum atomic E-state index is 11.9. The van der Waals surface area contributed by atoms with Crippen LogP contribution in [0.5, 0.6) is 0 Å². The lowest BCUT2D eigenvalue weighted by atomic mass is 9.93. The standard InChI is InChI=1S/C12H15N3OS/c1-12(2,3)9-4-10-13-11(16)7-5-17-6-8(7)15(10)14-9/h4H,5-6H2,1-3H3,(H,13,16). The van der Waals surface area contributed by atoms with Gasteiger partial charge >= 0.3 is 0 Å². The van der Waals surface area contributed by atoms with Gasteiger partial charge in [0.25, 0.3) is 5.56 Å². The third-order valence-corrected chi connectivity index (χ3v) is 4.05. The molecule has 17 heavy (non-hydrogen) atoms. The highest BCUT2D eigenvalue weighted by Crippen LogP contribution is 2.28. The van der Waals surface area contributed by atoms with Crippen LogP contribution in [-0.4, -0.2) is 14.6 Å². The van der Waals surface area contributed by atoms with Crippen LogP contribution in [0.25, 0.3) is 5.65 Å². The van der Waals surface area contributed by atoms with Gasteiger partial charge in [-0.15, -0.1) is 0 Å². The molecule has 0 spiro atoms. The molecule has 0 aromatic carbocycles. The molecule has 90 valence electrons. The Kier molecular flexibility index (Phi) is 2.17. The van der Waals surface area contributed by atoms with Crippen molar-refractivity contribution in [1.29, 1.82) is 0 Å². The Morgan fingerprint density at radius 2 is 2.18 bits per heavy atom. The summed E-state index contributed by atoms with van der Waals surface area (Å²) in [5, 5.41) is 4.63. The van der Waals surface area contributed by atoms with E-state index in [2.05, 4.69) is 30.9 Å². The molecule has 0 fully saturated rings. The Morgan fingerprint density at radius 1 is 1.41 bits per heavy atom. The van der Waals surface area contributed by atoms with E-state index in [0.29, 0.717) is 0 Å². The van der Waals surface area contributed by atoms with E-state index >= 15 is 0 Å². The summed E-state index contributed by atoms with van der Waals surface area (Å²) >= 11 is 1.77. The Labute approximate surface area is 103 Å². The summed E-state index contributed by atoms with van der Waals surface area (Å²) in [6.07, 6.45) is 0. The predicted molar refractivity (Wildman–Crippen MR) is 69.5 cm³/mol. The fourth-order valence-electron chi connectivity index (χ4n) is 2.04. The van der Waals surface area contributed by atoms with Gasteiger partial charge in [0.05, 0.1) is 11.4 Å². The second kappa shape index (κ2) is 3.38. The second-order valence-electron chi connectivity index (χ2n) is 5.45. The van der Waals surface area contributed by atoms with Gasteiger partial charge in [-0.25, -0.2) is 4.52 Å². The van der Waals surface area contributed by atoms with Gasteiger partial charge in [-0.1, -0.05) is 20.8 Å². The van der Waals surface area contributed by atoms with Crippen LogP contribution in [0.4, 0.5) is 0 Å². The van der Waals surface area contributed by atoms with Gasteiger partial charge in [0.1, 0.15) is 5.65 Å². The van der Waals surface area contributed by atoms with Gasteiger partial charge in [-0.3, -0.25) is 4.79 Å². The van der Waals surface area contributed by atoms with Gasteiger partial charge in [-0.05, 0) is 0 Å². The topological polar surface area (TPSA) is 50.2 Å². The fraction of sp³-hybridized carbons (Fsp3) is 0.500. The molecular weight excluding hydrogens is 234 g/mol. The average molecular weight is 249 g/mol. The first kappa shape index (κ1) is 10.9. The molecule has 0 unspecified atom stereocenters. The minimum Gasteiger partial charge on any atom is -0.307 e. The van der Waals surface area contributed by atoms with Crippen molar-refractivity contribution in [3.63, 3.8) is 0 Å². The van der Waals surface area contributed by atoms with Gasteiger partial charge in [0.15, 0.2) is 0 Å². The number of H-pyrrole nitrogens is 1. The summed E-state index contributed by atoms with van der Waals surface area (Å²) in [5.74, 6) is 1.67. The normalized spacial score (nSPS) is 15.5. The van der Waals surface area contributed by atoms with E-state index in [0.717, 1.165) is 34.1 Å². The molecule has 4 nitrogen and oxygen atoms in total. The van der Waals surface area contributed by atoms with Crippen molar-refractivity contribution in [2.75, 3.05) is 0 Å². The van der Waals surface area contributed by atoms with Crippen LogP contribution in [0.2, 0.25) is 0 Å². The first-order chi connectivity index (χ1) is 7.97. The van der Waals surface area contributed by atoms with E-state index in [4.69, 9.17) is 0 Å². The number of hydrogen-bond acceptors (Lipinski definition) is 3. The first-order valence-electron chi connectivity index (χ1n) is 5.69. The third-order valence-electron chi connectivity index (χ3n) is 3.08. The second-order valence-corrected chi connectivity index (χ2v) is 6.43. The molecule has 2 aromatic heterocycles. The van der Waals surface area contributed by atoms with Crippen molar-refractivity contribution < 1.29 is 0 Å². The summed E-state index contributed by atoms with van der Waals surface area (Å²) in [6.45, 7) is 6.38. The Morgan fingerprint density at radius 3 is 2.88 bits per heavy atom. The minimum atomic E-state index is 0.00153.